The first-order valence-corrected chi connectivity index (χ1v) is 13.8. The number of thiazole rings is 1. The van der Waals surface area contributed by atoms with E-state index in [2.05, 4.69) is 39.8 Å². The summed E-state index contributed by atoms with van der Waals surface area (Å²) in [6.45, 7) is 1.11. The molecule has 3 heterocycles. The van der Waals surface area contributed by atoms with Crippen molar-refractivity contribution in [2.24, 2.45) is 11.0 Å². The van der Waals surface area contributed by atoms with Crippen LogP contribution in [0.1, 0.15) is 24.2 Å². The maximum Gasteiger partial charge on any atom is 0.243 e. The van der Waals surface area contributed by atoms with Crippen LogP contribution in [0.2, 0.25) is 0 Å². The first-order valence-electron chi connectivity index (χ1n) is 11.5. The van der Waals surface area contributed by atoms with Gasteiger partial charge in [-0.2, -0.15) is 9.41 Å². The predicted molar refractivity (Wildman–Crippen MR) is 139 cm³/mol. The van der Waals surface area contributed by atoms with Crippen molar-refractivity contribution < 1.29 is 12.8 Å². The van der Waals surface area contributed by atoms with Crippen LogP contribution < -0.4 is 5.43 Å². The number of hydrogen-bond donors (Lipinski definition) is 1. The van der Waals surface area contributed by atoms with Crippen molar-refractivity contribution >= 4 is 32.7 Å². The highest BCUT2D eigenvalue weighted by molar-refractivity contribution is 7.89. The Balaban J connectivity index is 1.19. The average Bonchev–Trinajstić information content (AvgIpc) is 3.58. The van der Waals surface area contributed by atoms with Crippen LogP contribution in [0, 0.1) is 5.92 Å². The molecule has 180 valence electrons. The van der Waals surface area contributed by atoms with Gasteiger partial charge >= 0.3 is 0 Å². The molecular formula is C26H26N4O3S2. The van der Waals surface area contributed by atoms with Crippen LogP contribution in [-0.2, 0) is 16.4 Å². The lowest BCUT2D eigenvalue weighted by Gasteiger charge is -2.31. The van der Waals surface area contributed by atoms with Gasteiger partial charge in [-0.15, -0.1) is 11.3 Å². The summed E-state index contributed by atoms with van der Waals surface area (Å²) in [6.07, 6.45) is 5.92. The number of nitrogens with one attached hydrogen (secondary N) is 1. The maximum absolute atomic E-state index is 13.2. The van der Waals surface area contributed by atoms with Crippen LogP contribution in [0.25, 0.3) is 11.3 Å². The van der Waals surface area contributed by atoms with Crippen LogP contribution in [-0.4, -0.2) is 37.0 Å². The molecule has 7 nitrogen and oxygen atoms in total. The molecule has 0 saturated carbocycles. The first kappa shape index (κ1) is 23.5. The third-order valence-corrected chi connectivity index (χ3v) is 8.79. The van der Waals surface area contributed by atoms with Crippen molar-refractivity contribution in [2.75, 3.05) is 18.5 Å². The van der Waals surface area contributed by atoms with Gasteiger partial charge in [0.25, 0.3) is 0 Å². The number of piperidine rings is 1. The summed E-state index contributed by atoms with van der Waals surface area (Å²) in [5.74, 6) is 1.16. The number of furan rings is 1. The van der Waals surface area contributed by atoms with Gasteiger partial charge in [0.15, 0.2) is 0 Å². The number of aromatic nitrogens is 1. The lowest BCUT2D eigenvalue weighted by molar-refractivity contribution is 0.273. The van der Waals surface area contributed by atoms with E-state index in [1.807, 2.05) is 11.4 Å². The van der Waals surface area contributed by atoms with Crippen molar-refractivity contribution in [1.29, 1.82) is 0 Å². The molecule has 1 saturated heterocycles. The van der Waals surface area contributed by atoms with Gasteiger partial charge in [-0.25, -0.2) is 13.4 Å². The molecule has 9 heteroatoms. The molecule has 2 aromatic heterocycles. The van der Waals surface area contributed by atoms with Crippen molar-refractivity contribution in [3.05, 3.63) is 89.7 Å². The second-order valence-corrected chi connectivity index (χ2v) is 11.3. The molecule has 0 spiro atoms. The number of benzene rings is 2. The Kier molecular flexibility index (Phi) is 7.08. The van der Waals surface area contributed by atoms with E-state index in [0.717, 1.165) is 30.5 Å². The Labute approximate surface area is 209 Å². The molecule has 1 aliphatic heterocycles. The molecule has 2 aromatic carbocycles. The van der Waals surface area contributed by atoms with E-state index in [9.17, 15) is 8.42 Å². The Morgan fingerprint density at radius 3 is 2.54 bits per heavy atom. The molecule has 1 aliphatic rings. The molecule has 5 rings (SSSR count). The van der Waals surface area contributed by atoms with Gasteiger partial charge in [-0.3, -0.25) is 5.43 Å². The average molecular weight is 507 g/mol. The number of hydrogen-bond acceptors (Lipinski definition) is 7. The fraction of sp³-hybridized carbons (Fsp3) is 0.231. The van der Waals surface area contributed by atoms with E-state index in [4.69, 9.17) is 4.42 Å². The summed E-state index contributed by atoms with van der Waals surface area (Å²) in [5, 5.41) is 6.66. The molecule has 0 unspecified atom stereocenters. The van der Waals surface area contributed by atoms with Crippen molar-refractivity contribution in [2.45, 2.75) is 24.2 Å². The van der Waals surface area contributed by atoms with Gasteiger partial charge in [0, 0.05) is 24.0 Å². The highest BCUT2D eigenvalue weighted by atomic mass is 32.2. The molecule has 0 atom stereocenters. The minimum Gasteiger partial charge on any atom is -0.463 e. The van der Waals surface area contributed by atoms with Gasteiger partial charge < -0.3 is 4.42 Å². The van der Waals surface area contributed by atoms with Gasteiger partial charge in [-0.1, -0.05) is 42.5 Å². The summed E-state index contributed by atoms with van der Waals surface area (Å²) in [5.41, 5.74) is 5.81. The number of sulfonamides is 1. The number of anilines is 1. The molecule has 0 amide bonds. The predicted octanol–water partition coefficient (Wildman–Crippen LogP) is 5.49. The van der Waals surface area contributed by atoms with Crippen LogP contribution in [0.5, 0.6) is 0 Å². The lowest BCUT2D eigenvalue weighted by atomic mass is 9.91. The Morgan fingerprint density at radius 2 is 1.83 bits per heavy atom. The second kappa shape index (κ2) is 10.6. The lowest BCUT2D eigenvalue weighted by Crippen LogP contribution is -2.38. The molecule has 1 N–H and O–H groups in total. The molecular weight excluding hydrogens is 480 g/mol. The topological polar surface area (TPSA) is 87.8 Å². The van der Waals surface area contributed by atoms with Gasteiger partial charge in [0.1, 0.15) is 5.76 Å². The van der Waals surface area contributed by atoms with Crippen LogP contribution in [0.4, 0.5) is 5.13 Å². The number of rotatable bonds is 8. The normalized spacial score (nSPS) is 15.5. The zero-order valence-electron chi connectivity index (χ0n) is 19.1. The monoisotopic (exact) mass is 506 g/mol. The molecule has 1 fully saturated rings. The Hall–Kier alpha value is -3.27. The molecule has 0 aliphatic carbocycles. The third kappa shape index (κ3) is 5.70. The SMILES string of the molecule is O=S(=O)(c1ccc(-c2csc(NN=Cc3ccco3)n2)cc1)N1CCC(Cc2ccccc2)CC1. The van der Waals surface area contributed by atoms with Crippen molar-refractivity contribution in [3.8, 4) is 11.3 Å². The molecule has 35 heavy (non-hydrogen) atoms. The summed E-state index contributed by atoms with van der Waals surface area (Å²) in [6, 6.07) is 21.0. The Bertz CT molecular complexity index is 1360. The van der Waals surface area contributed by atoms with Gasteiger partial charge in [0.05, 0.1) is 23.1 Å². The summed E-state index contributed by atoms with van der Waals surface area (Å²) < 4.78 is 33.2. The highest BCUT2D eigenvalue weighted by Gasteiger charge is 2.29. The van der Waals surface area contributed by atoms with Crippen LogP contribution in [0.15, 0.2) is 92.8 Å². The second-order valence-electron chi connectivity index (χ2n) is 8.48. The zero-order chi connectivity index (χ0) is 24.1. The van der Waals surface area contributed by atoms with E-state index in [-0.39, 0.29) is 0 Å². The van der Waals surface area contributed by atoms with Crippen molar-refractivity contribution in [3.63, 3.8) is 0 Å². The quantitative estimate of drug-likeness (QED) is 0.252. The first-order chi connectivity index (χ1) is 17.1. The van der Waals surface area contributed by atoms with E-state index in [1.54, 1.807) is 53.2 Å². The van der Waals surface area contributed by atoms with E-state index >= 15 is 0 Å². The van der Waals surface area contributed by atoms with E-state index < -0.39 is 10.0 Å². The fourth-order valence-electron chi connectivity index (χ4n) is 4.22. The Morgan fingerprint density at radius 1 is 1.06 bits per heavy atom. The molecule has 4 aromatic rings. The van der Waals surface area contributed by atoms with E-state index in [0.29, 0.717) is 34.8 Å². The van der Waals surface area contributed by atoms with Crippen LogP contribution >= 0.6 is 11.3 Å². The fourth-order valence-corrected chi connectivity index (χ4v) is 6.36. The van der Waals surface area contributed by atoms with Crippen molar-refractivity contribution in [1.82, 2.24) is 9.29 Å². The third-order valence-electron chi connectivity index (χ3n) is 6.13. The van der Waals surface area contributed by atoms with Gasteiger partial charge in [0.2, 0.25) is 15.2 Å². The zero-order valence-corrected chi connectivity index (χ0v) is 20.7. The summed E-state index contributed by atoms with van der Waals surface area (Å²) in [7, 11) is -3.51. The molecule has 0 radical (unpaired) electrons. The van der Waals surface area contributed by atoms with Gasteiger partial charge in [-0.05, 0) is 55.0 Å². The largest absolute Gasteiger partial charge is 0.463 e. The van der Waals surface area contributed by atoms with E-state index in [1.165, 1.54) is 16.9 Å². The number of nitrogens with zero attached hydrogens (tertiary/aromatic N) is 3. The number of hydrazone groups is 1. The summed E-state index contributed by atoms with van der Waals surface area (Å²) in [4.78, 5) is 4.85. The molecule has 0 bridgehead atoms. The highest BCUT2D eigenvalue weighted by Crippen LogP contribution is 2.29. The maximum atomic E-state index is 13.2. The summed E-state index contributed by atoms with van der Waals surface area (Å²) >= 11 is 1.42. The minimum absolute atomic E-state index is 0.319. The smallest absolute Gasteiger partial charge is 0.243 e. The van der Waals surface area contributed by atoms with Crippen LogP contribution in [0.3, 0.4) is 0 Å². The minimum atomic E-state index is -3.51. The standard InChI is InChI=1S/C26H26N4O3S2/c31-35(32,30-14-12-21(13-15-30)17-20-5-2-1-3-6-20)24-10-8-22(9-11-24)25-19-34-26(28-25)29-27-18-23-7-4-16-33-23/h1-11,16,18-19,21H,12-15,17H2,(H,28,29).